The molecule has 0 bridgehead atoms. The standard InChI is InChI=1S/C12H15NO3/c1-8(9(2)14)12(15)13-10-4-6-11(16-3)7-5-10/h4-8H,1-3H3,(H,13,15)/t8-/m1/s1. The largest absolute Gasteiger partial charge is 0.497 e. The van der Waals surface area contributed by atoms with Gasteiger partial charge >= 0.3 is 0 Å². The monoisotopic (exact) mass is 221 g/mol. The SMILES string of the molecule is COc1ccc(NC(=O)[C@H](C)C(C)=O)cc1. The number of benzene rings is 1. The molecule has 16 heavy (non-hydrogen) atoms. The van der Waals surface area contributed by atoms with Gasteiger partial charge in [-0.15, -0.1) is 0 Å². The highest BCUT2D eigenvalue weighted by Crippen LogP contribution is 2.15. The summed E-state index contributed by atoms with van der Waals surface area (Å²) in [6.07, 6.45) is 0. The Morgan fingerprint density at radius 1 is 1.25 bits per heavy atom. The van der Waals surface area contributed by atoms with Gasteiger partial charge in [0.2, 0.25) is 5.91 Å². The van der Waals surface area contributed by atoms with Crippen LogP contribution in [-0.4, -0.2) is 18.8 Å². The second-order valence-electron chi connectivity index (χ2n) is 3.55. The van der Waals surface area contributed by atoms with Crippen molar-refractivity contribution in [2.75, 3.05) is 12.4 Å². The number of nitrogens with one attached hydrogen (secondary N) is 1. The summed E-state index contributed by atoms with van der Waals surface area (Å²) in [5, 5.41) is 2.66. The van der Waals surface area contributed by atoms with Gasteiger partial charge in [-0.05, 0) is 38.1 Å². The number of methoxy groups -OCH3 is 1. The van der Waals surface area contributed by atoms with Gasteiger partial charge in [-0.3, -0.25) is 9.59 Å². The third-order valence-corrected chi connectivity index (χ3v) is 2.36. The number of anilines is 1. The topological polar surface area (TPSA) is 55.4 Å². The molecule has 1 aromatic rings. The molecule has 86 valence electrons. The Hall–Kier alpha value is -1.84. The summed E-state index contributed by atoms with van der Waals surface area (Å²) in [7, 11) is 1.57. The Kier molecular flexibility index (Phi) is 4.05. The number of rotatable bonds is 4. The van der Waals surface area contributed by atoms with Crippen molar-refractivity contribution in [2.24, 2.45) is 5.92 Å². The predicted molar refractivity (Wildman–Crippen MR) is 61.5 cm³/mol. The van der Waals surface area contributed by atoms with Gasteiger partial charge in [0, 0.05) is 5.69 Å². The molecule has 1 N–H and O–H groups in total. The van der Waals surface area contributed by atoms with Gasteiger partial charge in [-0.2, -0.15) is 0 Å². The van der Waals surface area contributed by atoms with E-state index in [-0.39, 0.29) is 11.7 Å². The van der Waals surface area contributed by atoms with Crippen LogP contribution < -0.4 is 10.1 Å². The van der Waals surface area contributed by atoms with Crippen LogP contribution in [0.25, 0.3) is 0 Å². The van der Waals surface area contributed by atoms with Crippen LogP contribution in [0, 0.1) is 5.92 Å². The van der Waals surface area contributed by atoms with Crippen molar-refractivity contribution in [1.82, 2.24) is 0 Å². The first-order valence-electron chi connectivity index (χ1n) is 5.00. The zero-order valence-corrected chi connectivity index (χ0v) is 9.61. The molecule has 0 heterocycles. The number of Topliss-reactive ketones (excluding diaryl/α,β-unsaturated/α-hetero) is 1. The number of hydrogen-bond acceptors (Lipinski definition) is 3. The van der Waals surface area contributed by atoms with Gasteiger partial charge < -0.3 is 10.1 Å². The van der Waals surface area contributed by atoms with Gasteiger partial charge in [0.25, 0.3) is 0 Å². The average molecular weight is 221 g/mol. The first kappa shape index (κ1) is 12.2. The van der Waals surface area contributed by atoms with E-state index in [9.17, 15) is 9.59 Å². The van der Waals surface area contributed by atoms with Crippen LogP contribution in [0.2, 0.25) is 0 Å². The average Bonchev–Trinajstić information content (AvgIpc) is 2.28. The number of hydrogen-bond donors (Lipinski definition) is 1. The van der Waals surface area contributed by atoms with Gasteiger partial charge in [0.1, 0.15) is 11.5 Å². The van der Waals surface area contributed by atoms with Gasteiger partial charge in [0.15, 0.2) is 0 Å². The van der Waals surface area contributed by atoms with Crippen molar-refractivity contribution in [1.29, 1.82) is 0 Å². The summed E-state index contributed by atoms with van der Waals surface area (Å²) in [4.78, 5) is 22.5. The molecule has 0 saturated heterocycles. The number of carbonyl (C=O) groups is 2. The van der Waals surface area contributed by atoms with Crippen molar-refractivity contribution in [2.45, 2.75) is 13.8 Å². The van der Waals surface area contributed by atoms with Gasteiger partial charge in [-0.1, -0.05) is 0 Å². The number of ketones is 1. The molecule has 0 radical (unpaired) electrons. The molecule has 0 aliphatic carbocycles. The minimum atomic E-state index is -0.623. The normalized spacial score (nSPS) is 11.7. The minimum absolute atomic E-state index is 0.147. The van der Waals surface area contributed by atoms with E-state index in [1.165, 1.54) is 6.92 Å². The molecule has 4 nitrogen and oxygen atoms in total. The van der Waals surface area contributed by atoms with Gasteiger partial charge in [-0.25, -0.2) is 0 Å². The lowest BCUT2D eigenvalue weighted by atomic mass is 10.1. The molecular formula is C12H15NO3. The van der Waals surface area contributed by atoms with Crippen molar-refractivity contribution < 1.29 is 14.3 Å². The fraction of sp³-hybridized carbons (Fsp3) is 0.333. The lowest BCUT2D eigenvalue weighted by Gasteiger charge is -2.09. The molecule has 1 atom stereocenters. The van der Waals surface area contributed by atoms with E-state index < -0.39 is 5.92 Å². The maximum Gasteiger partial charge on any atom is 0.234 e. The summed E-state index contributed by atoms with van der Waals surface area (Å²) < 4.78 is 4.99. The Balaban J connectivity index is 2.66. The molecule has 4 heteroatoms. The van der Waals surface area contributed by atoms with Crippen LogP contribution in [0.5, 0.6) is 5.75 Å². The Morgan fingerprint density at radius 3 is 2.25 bits per heavy atom. The number of carbonyl (C=O) groups excluding carboxylic acids is 2. The molecule has 0 aliphatic heterocycles. The van der Waals surface area contributed by atoms with Crippen LogP contribution >= 0.6 is 0 Å². The molecule has 0 spiro atoms. The zero-order chi connectivity index (χ0) is 12.1. The summed E-state index contributed by atoms with van der Waals surface area (Å²) in [5.41, 5.74) is 0.652. The smallest absolute Gasteiger partial charge is 0.234 e. The van der Waals surface area contributed by atoms with Crippen LogP contribution in [-0.2, 0) is 9.59 Å². The fourth-order valence-electron chi connectivity index (χ4n) is 1.11. The third kappa shape index (κ3) is 3.08. The molecular weight excluding hydrogens is 206 g/mol. The zero-order valence-electron chi connectivity index (χ0n) is 9.61. The second-order valence-corrected chi connectivity index (χ2v) is 3.55. The van der Waals surface area contributed by atoms with Crippen LogP contribution in [0.15, 0.2) is 24.3 Å². The molecule has 0 aliphatic rings. The molecule has 1 aromatic carbocycles. The lowest BCUT2D eigenvalue weighted by Crippen LogP contribution is -2.25. The molecule has 0 unspecified atom stereocenters. The molecule has 0 aromatic heterocycles. The van der Waals surface area contributed by atoms with E-state index in [4.69, 9.17) is 4.74 Å². The highest BCUT2D eigenvalue weighted by Gasteiger charge is 2.17. The summed E-state index contributed by atoms with van der Waals surface area (Å²) in [6, 6.07) is 6.94. The van der Waals surface area contributed by atoms with Crippen LogP contribution in [0.3, 0.4) is 0 Å². The summed E-state index contributed by atoms with van der Waals surface area (Å²) in [5.74, 6) is -0.344. The third-order valence-electron chi connectivity index (χ3n) is 2.36. The minimum Gasteiger partial charge on any atom is -0.497 e. The van der Waals surface area contributed by atoms with Crippen molar-refractivity contribution in [3.8, 4) is 5.75 Å². The van der Waals surface area contributed by atoms with Crippen molar-refractivity contribution in [3.05, 3.63) is 24.3 Å². The Morgan fingerprint density at radius 2 is 1.81 bits per heavy atom. The molecule has 1 amide bonds. The first-order chi connectivity index (χ1) is 7.54. The number of ether oxygens (including phenoxy) is 1. The van der Waals surface area contributed by atoms with E-state index in [1.54, 1.807) is 38.3 Å². The Bertz CT molecular complexity index is 384. The number of amides is 1. The second kappa shape index (κ2) is 5.30. The predicted octanol–water partition coefficient (Wildman–Crippen LogP) is 1.86. The van der Waals surface area contributed by atoms with Gasteiger partial charge in [0.05, 0.1) is 13.0 Å². The van der Waals surface area contributed by atoms with Crippen molar-refractivity contribution >= 4 is 17.4 Å². The maximum atomic E-state index is 11.5. The van der Waals surface area contributed by atoms with E-state index in [2.05, 4.69) is 5.32 Å². The highest BCUT2D eigenvalue weighted by molar-refractivity contribution is 6.06. The molecule has 0 saturated carbocycles. The fourth-order valence-corrected chi connectivity index (χ4v) is 1.11. The molecule has 0 fully saturated rings. The Labute approximate surface area is 94.6 Å². The van der Waals surface area contributed by atoms with E-state index in [1.807, 2.05) is 0 Å². The first-order valence-corrected chi connectivity index (χ1v) is 5.00. The van der Waals surface area contributed by atoms with E-state index in [0.717, 1.165) is 5.75 Å². The quantitative estimate of drug-likeness (QED) is 0.789. The van der Waals surface area contributed by atoms with Crippen LogP contribution in [0.4, 0.5) is 5.69 Å². The van der Waals surface area contributed by atoms with Crippen LogP contribution in [0.1, 0.15) is 13.8 Å². The highest BCUT2D eigenvalue weighted by atomic mass is 16.5. The molecule has 1 rings (SSSR count). The summed E-state index contributed by atoms with van der Waals surface area (Å²) in [6.45, 7) is 2.99. The van der Waals surface area contributed by atoms with E-state index in [0.29, 0.717) is 5.69 Å². The maximum absolute atomic E-state index is 11.5. The van der Waals surface area contributed by atoms with Crippen molar-refractivity contribution in [3.63, 3.8) is 0 Å². The van der Waals surface area contributed by atoms with E-state index >= 15 is 0 Å². The summed E-state index contributed by atoms with van der Waals surface area (Å²) >= 11 is 0. The lowest BCUT2D eigenvalue weighted by molar-refractivity contribution is -0.129.